The van der Waals surface area contributed by atoms with Gasteiger partial charge in [0.05, 0.1) is 12.2 Å². The number of fused-ring (bicyclic) bond motifs is 1. The van der Waals surface area contributed by atoms with E-state index >= 15 is 0 Å². The van der Waals surface area contributed by atoms with E-state index in [1.807, 2.05) is 12.1 Å². The van der Waals surface area contributed by atoms with Gasteiger partial charge in [0.2, 0.25) is 5.91 Å². The summed E-state index contributed by atoms with van der Waals surface area (Å²) in [7, 11) is 0. The Labute approximate surface area is 100 Å². The maximum atomic E-state index is 11.7. The van der Waals surface area contributed by atoms with Crippen LogP contribution in [-0.4, -0.2) is 29.5 Å². The van der Waals surface area contributed by atoms with Crippen molar-refractivity contribution in [1.29, 1.82) is 0 Å². The Hall–Kier alpha value is -1.62. The second-order valence-electron chi connectivity index (χ2n) is 4.77. The topological polar surface area (TPSA) is 71.2 Å². The highest BCUT2D eigenvalue weighted by Crippen LogP contribution is 2.33. The number of carbonyl (C=O) groups is 1. The number of pyridine rings is 1. The number of carbonyl (C=O) groups excluding carboxylic acids is 1. The fourth-order valence-corrected chi connectivity index (χ4v) is 2.74. The molecule has 1 aromatic heterocycles. The molecule has 0 saturated heterocycles. The molecule has 2 unspecified atom stereocenters. The molecule has 0 bridgehead atoms. The minimum absolute atomic E-state index is 0.0108. The molecule has 2 atom stereocenters. The first-order valence-electron chi connectivity index (χ1n) is 6.01. The monoisotopic (exact) mass is 232 g/mol. The molecule has 0 aromatic carbocycles. The number of hydrogen-bond donors (Lipinski definition) is 2. The van der Waals surface area contributed by atoms with Gasteiger partial charge in [0, 0.05) is 18.3 Å². The van der Waals surface area contributed by atoms with Crippen LogP contribution in [0, 0.1) is 0 Å². The fraction of sp³-hybridized carbons (Fsp3) is 0.500. The van der Waals surface area contributed by atoms with Gasteiger partial charge in [0.25, 0.3) is 0 Å². The van der Waals surface area contributed by atoms with E-state index in [2.05, 4.69) is 15.2 Å². The fourth-order valence-electron chi connectivity index (χ4n) is 2.74. The lowest BCUT2D eigenvalue weighted by Crippen LogP contribution is -2.44. The Kier molecular flexibility index (Phi) is 2.48. The Balaban J connectivity index is 1.92. The van der Waals surface area contributed by atoms with Crippen molar-refractivity contribution in [1.82, 2.24) is 4.98 Å². The highest BCUT2D eigenvalue weighted by atomic mass is 16.2. The summed E-state index contributed by atoms with van der Waals surface area (Å²) < 4.78 is 0. The second-order valence-corrected chi connectivity index (χ2v) is 4.77. The minimum Gasteiger partial charge on any atom is -0.356 e. The van der Waals surface area contributed by atoms with E-state index in [4.69, 9.17) is 5.73 Å². The van der Waals surface area contributed by atoms with E-state index in [1.165, 1.54) is 0 Å². The van der Waals surface area contributed by atoms with Crippen LogP contribution in [0.1, 0.15) is 19.3 Å². The van der Waals surface area contributed by atoms with Gasteiger partial charge in [-0.2, -0.15) is 0 Å². The summed E-state index contributed by atoms with van der Waals surface area (Å²) in [5.41, 5.74) is 6.96. The van der Waals surface area contributed by atoms with Crippen molar-refractivity contribution in [3.8, 4) is 0 Å². The number of nitrogens with zero attached hydrogens (tertiary/aromatic N) is 2. The molecule has 17 heavy (non-hydrogen) atoms. The van der Waals surface area contributed by atoms with Crippen molar-refractivity contribution in [3.05, 3.63) is 18.3 Å². The Morgan fingerprint density at radius 1 is 1.47 bits per heavy atom. The third kappa shape index (κ3) is 1.86. The molecule has 2 heterocycles. The molecule has 0 radical (unpaired) electrons. The summed E-state index contributed by atoms with van der Waals surface area (Å²) >= 11 is 0. The maximum Gasteiger partial charge on any atom is 0.245 e. The van der Waals surface area contributed by atoms with Crippen LogP contribution in [0.3, 0.4) is 0 Å². The lowest BCUT2D eigenvalue weighted by Gasteiger charge is -2.34. The van der Waals surface area contributed by atoms with Gasteiger partial charge < -0.3 is 16.0 Å². The number of nitrogens with two attached hydrogens (primary N) is 1. The lowest BCUT2D eigenvalue weighted by atomic mass is 10.1. The van der Waals surface area contributed by atoms with Crippen molar-refractivity contribution < 1.29 is 4.79 Å². The normalized spacial score (nSPS) is 27.8. The zero-order valence-corrected chi connectivity index (χ0v) is 9.60. The predicted octanol–water partition coefficient (Wildman–Crippen LogP) is 0.720. The minimum atomic E-state index is 0.0108. The van der Waals surface area contributed by atoms with Crippen LogP contribution in [0.25, 0.3) is 0 Å². The Morgan fingerprint density at radius 3 is 3.12 bits per heavy atom. The smallest absolute Gasteiger partial charge is 0.245 e. The van der Waals surface area contributed by atoms with Crippen LogP contribution in [0.2, 0.25) is 0 Å². The summed E-state index contributed by atoms with van der Waals surface area (Å²) in [5.74, 6) is 0.681. The first-order chi connectivity index (χ1) is 8.24. The van der Waals surface area contributed by atoms with Gasteiger partial charge in [-0.1, -0.05) is 0 Å². The average molecular weight is 232 g/mol. The molecular formula is C12H16N4O. The highest BCUT2D eigenvalue weighted by Gasteiger charge is 2.32. The summed E-state index contributed by atoms with van der Waals surface area (Å²) in [4.78, 5) is 18.0. The third-order valence-electron chi connectivity index (χ3n) is 3.55. The molecule has 1 aromatic rings. The van der Waals surface area contributed by atoms with E-state index in [0.29, 0.717) is 18.4 Å². The highest BCUT2D eigenvalue weighted by molar-refractivity contribution is 5.99. The molecular weight excluding hydrogens is 216 g/mol. The molecule has 0 spiro atoms. The van der Waals surface area contributed by atoms with Crippen LogP contribution in [-0.2, 0) is 4.79 Å². The standard InChI is InChI=1S/C12H16N4O/c13-8-3-4-9(6-8)16-7-11(17)15-12-10(16)2-1-5-14-12/h1-2,5,8-9H,3-4,6-7,13H2,(H,14,15,17). The summed E-state index contributed by atoms with van der Waals surface area (Å²) in [5, 5.41) is 2.80. The van der Waals surface area contributed by atoms with Crippen LogP contribution >= 0.6 is 0 Å². The molecule has 1 saturated carbocycles. The van der Waals surface area contributed by atoms with E-state index < -0.39 is 0 Å². The van der Waals surface area contributed by atoms with E-state index in [1.54, 1.807) is 6.20 Å². The van der Waals surface area contributed by atoms with Crippen molar-refractivity contribution in [3.63, 3.8) is 0 Å². The molecule has 1 fully saturated rings. The molecule has 3 rings (SSSR count). The number of anilines is 2. The van der Waals surface area contributed by atoms with Crippen LogP contribution < -0.4 is 16.0 Å². The SMILES string of the molecule is NC1CCC(N2CC(=O)Nc3ncccc32)C1. The van der Waals surface area contributed by atoms with Gasteiger partial charge in [0.1, 0.15) is 0 Å². The van der Waals surface area contributed by atoms with Crippen molar-refractivity contribution >= 4 is 17.4 Å². The summed E-state index contributed by atoms with van der Waals surface area (Å²) in [6.45, 7) is 0.413. The van der Waals surface area contributed by atoms with Crippen LogP contribution in [0.5, 0.6) is 0 Å². The van der Waals surface area contributed by atoms with Gasteiger partial charge in [-0.25, -0.2) is 4.98 Å². The zero-order chi connectivity index (χ0) is 11.8. The number of amides is 1. The van der Waals surface area contributed by atoms with Gasteiger partial charge in [-0.05, 0) is 31.4 Å². The first kappa shape index (κ1) is 10.5. The quantitative estimate of drug-likeness (QED) is 0.748. The Morgan fingerprint density at radius 2 is 2.35 bits per heavy atom. The molecule has 5 nitrogen and oxygen atoms in total. The summed E-state index contributed by atoms with van der Waals surface area (Å²) in [6.07, 6.45) is 4.76. The first-order valence-corrected chi connectivity index (χ1v) is 6.01. The maximum absolute atomic E-state index is 11.7. The van der Waals surface area contributed by atoms with Crippen LogP contribution in [0.15, 0.2) is 18.3 Å². The van der Waals surface area contributed by atoms with E-state index in [9.17, 15) is 4.79 Å². The zero-order valence-electron chi connectivity index (χ0n) is 9.60. The molecule has 1 aliphatic heterocycles. The molecule has 1 amide bonds. The number of rotatable bonds is 1. The van der Waals surface area contributed by atoms with Gasteiger partial charge >= 0.3 is 0 Å². The largest absolute Gasteiger partial charge is 0.356 e. The van der Waals surface area contributed by atoms with Gasteiger partial charge in [0.15, 0.2) is 5.82 Å². The van der Waals surface area contributed by atoms with Crippen molar-refractivity contribution in [2.45, 2.75) is 31.3 Å². The van der Waals surface area contributed by atoms with Gasteiger partial charge in [-0.3, -0.25) is 4.79 Å². The summed E-state index contributed by atoms with van der Waals surface area (Å²) in [6, 6.07) is 4.55. The number of aromatic nitrogens is 1. The van der Waals surface area contributed by atoms with Gasteiger partial charge in [-0.15, -0.1) is 0 Å². The molecule has 5 heteroatoms. The van der Waals surface area contributed by atoms with E-state index in [-0.39, 0.29) is 11.9 Å². The lowest BCUT2D eigenvalue weighted by molar-refractivity contribution is -0.115. The molecule has 2 aliphatic rings. The number of nitrogens with one attached hydrogen (secondary N) is 1. The molecule has 3 N–H and O–H groups in total. The van der Waals surface area contributed by atoms with Crippen molar-refractivity contribution in [2.24, 2.45) is 5.73 Å². The molecule has 1 aliphatic carbocycles. The Bertz CT molecular complexity index is 448. The molecule has 90 valence electrons. The third-order valence-corrected chi connectivity index (χ3v) is 3.55. The van der Waals surface area contributed by atoms with Crippen molar-refractivity contribution in [2.75, 3.05) is 16.8 Å². The predicted molar refractivity (Wildman–Crippen MR) is 65.8 cm³/mol. The average Bonchev–Trinajstić information content (AvgIpc) is 2.74. The number of hydrogen-bond acceptors (Lipinski definition) is 4. The second kappa shape index (κ2) is 4.00. The van der Waals surface area contributed by atoms with E-state index in [0.717, 1.165) is 24.9 Å². The van der Waals surface area contributed by atoms with Crippen LogP contribution in [0.4, 0.5) is 11.5 Å².